The highest BCUT2D eigenvalue weighted by Crippen LogP contribution is 2.21. The molecule has 5 heteroatoms. The lowest BCUT2D eigenvalue weighted by Crippen LogP contribution is -2.62. The maximum Gasteiger partial charge on any atom is 0.303 e. The van der Waals surface area contributed by atoms with Crippen LogP contribution in [0.25, 0.3) is 0 Å². The van der Waals surface area contributed by atoms with Gasteiger partial charge in [-0.2, -0.15) is 0 Å². The fourth-order valence-electron chi connectivity index (χ4n) is 2.07. The molecule has 0 saturated carbocycles. The first-order valence-electron chi connectivity index (χ1n) is 5.58. The molecule has 0 aromatic heterocycles. The summed E-state index contributed by atoms with van der Waals surface area (Å²) in [6.07, 6.45) is 0.756. The summed E-state index contributed by atoms with van der Waals surface area (Å²) < 4.78 is 0. The Morgan fingerprint density at radius 1 is 1.44 bits per heavy atom. The minimum absolute atomic E-state index is 0.106. The normalized spacial score (nSPS) is 21.2. The number of hydrogen-bond acceptors (Lipinski definition) is 3. The molecule has 5 nitrogen and oxygen atoms in total. The van der Waals surface area contributed by atoms with Crippen LogP contribution in [-0.4, -0.2) is 59.0 Å². The van der Waals surface area contributed by atoms with E-state index in [-0.39, 0.29) is 12.3 Å². The van der Waals surface area contributed by atoms with E-state index in [4.69, 9.17) is 5.11 Å². The van der Waals surface area contributed by atoms with Crippen molar-refractivity contribution in [3.05, 3.63) is 0 Å². The zero-order valence-electron chi connectivity index (χ0n) is 10.2. The number of amides is 1. The van der Waals surface area contributed by atoms with Crippen molar-refractivity contribution in [1.29, 1.82) is 0 Å². The number of likely N-dealkylation sites (N-methyl/N-ethyl adjacent to an activating group) is 1. The molecule has 0 radical (unpaired) electrons. The predicted octanol–water partition coefficient (Wildman–Crippen LogP) is 0.404. The van der Waals surface area contributed by atoms with E-state index in [1.807, 2.05) is 13.8 Å². The molecule has 0 aromatic carbocycles. The lowest BCUT2D eigenvalue weighted by molar-refractivity contribution is -0.147. The molecule has 1 heterocycles. The minimum atomic E-state index is -0.779. The Morgan fingerprint density at radius 2 is 2.06 bits per heavy atom. The van der Waals surface area contributed by atoms with Gasteiger partial charge in [0.25, 0.3) is 0 Å². The first kappa shape index (κ1) is 13.0. The molecular weight excluding hydrogens is 208 g/mol. The van der Waals surface area contributed by atoms with Crippen LogP contribution >= 0.6 is 0 Å². The molecule has 0 unspecified atom stereocenters. The number of carbonyl (C=O) groups is 2. The van der Waals surface area contributed by atoms with Gasteiger partial charge < -0.3 is 10.0 Å². The number of carboxylic acids is 1. The average molecular weight is 228 g/mol. The van der Waals surface area contributed by atoms with Gasteiger partial charge in [-0.15, -0.1) is 0 Å². The van der Waals surface area contributed by atoms with Crippen molar-refractivity contribution in [2.45, 2.75) is 32.2 Å². The Bertz CT molecular complexity index is 289. The molecule has 0 atom stereocenters. The van der Waals surface area contributed by atoms with E-state index in [2.05, 4.69) is 4.90 Å². The monoisotopic (exact) mass is 228 g/mol. The molecule has 1 amide bonds. The number of nitrogens with zero attached hydrogens (tertiary/aromatic N) is 2. The minimum Gasteiger partial charge on any atom is -0.481 e. The second-order valence-electron chi connectivity index (χ2n) is 4.77. The van der Waals surface area contributed by atoms with Gasteiger partial charge in [0.2, 0.25) is 5.91 Å². The van der Waals surface area contributed by atoms with E-state index < -0.39 is 11.5 Å². The molecule has 16 heavy (non-hydrogen) atoms. The van der Waals surface area contributed by atoms with Crippen molar-refractivity contribution >= 4 is 11.9 Å². The summed E-state index contributed by atoms with van der Waals surface area (Å²) in [6.45, 7) is 5.99. The third-order valence-electron chi connectivity index (χ3n) is 3.18. The van der Waals surface area contributed by atoms with E-state index in [1.54, 1.807) is 11.9 Å². The Balaban J connectivity index is 2.53. The summed E-state index contributed by atoms with van der Waals surface area (Å²) in [5, 5.41) is 8.57. The third-order valence-corrected chi connectivity index (χ3v) is 3.18. The fourth-order valence-corrected chi connectivity index (χ4v) is 2.07. The lowest BCUT2D eigenvalue weighted by Gasteiger charge is -2.44. The molecule has 1 aliphatic heterocycles. The molecule has 0 bridgehead atoms. The van der Waals surface area contributed by atoms with Gasteiger partial charge in [-0.1, -0.05) is 0 Å². The highest BCUT2D eigenvalue weighted by molar-refractivity contribution is 5.86. The molecule has 1 N–H and O–H groups in total. The lowest BCUT2D eigenvalue weighted by atomic mass is 9.97. The summed E-state index contributed by atoms with van der Waals surface area (Å²) in [6, 6.07) is 0. The highest BCUT2D eigenvalue weighted by Gasteiger charge is 2.39. The van der Waals surface area contributed by atoms with E-state index in [1.165, 1.54) is 0 Å². The van der Waals surface area contributed by atoms with Gasteiger partial charge in [0, 0.05) is 26.6 Å². The number of carbonyl (C=O) groups excluding carboxylic acids is 1. The Hall–Kier alpha value is -1.10. The summed E-state index contributed by atoms with van der Waals surface area (Å²) in [5.41, 5.74) is -0.508. The summed E-state index contributed by atoms with van der Waals surface area (Å²) >= 11 is 0. The van der Waals surface area contributed by atoms with Gasteiger partial charge in [-0.05, 0) is 26.8 Å². The smallest absolute Gasteiger partial charge is 0.303 e. The van der Waals surface area contributed by atoms with Gasteiger partial charge in [-0.3, -0.25) is 14.5 Å². The van der Waals surface area contributed by atoms with Crippen molar-refractivity contribution in [2.24, 2.45) is 0 Å². The van der Waals surface area contributed by atoms with E-state index >= 15 is 0 Å². The first-order chi connectivity index (χ1) is 7.35. The van der Waals surface area contributed by atoms with E-state index in [0.717, 1.165) is 13.1 Å². The van der Waals surface area contributed by atoms with Crippen LogP contribution in [0.5, 0.6) is 0 Å². The van der Waals surface area contributed by atoms with Crippen LogP contribution in [0.15, 0.2) is 0 Å². The van der Waals surface area contributed by atoms with Gasteiger partial charge in [-0.25, -0.2) is 0 Å². The van der Waals surface area contributed by atoms with E-state index in [9.17, 15) is 9.59 Å². The van der Waals surface area contributed by atoms with Crippen LogP contribution in [0, 0.1) is 0 Å². The first-order valence-corrected chi connectivity index (χ1v) is 5.58. The van der Waals surface area contributed by atoms with Crippen molar-refractivity contribution in [2.75, 3.05) is 26.7 Å². The van der Waals surface area contributed by atoms with Gasteiger partial charge in [0.1, 0.15) is 0 Å². The standard InChI is InChI=1S/C11H20N2O3/c1-11(2)10(16)12(3)7-8-13(11)6-4-5-9(14)15/h4-8H2,1-3H3,(H,14,15). The zero-order valence-corrected chi connectivity index (χ0v) is 10.2. The topological polar surface area (TPSA) is 60.9 Å². The van der Waals surface area contributed by atoms with E-state index in [0.29, 0.717) is 13.0 Å². The molecule has 1 saturated heterocycles. The SMILES string of the molecule is CN1CCN(CCCC(=O)O)C(C)(C)C1=O. The molecule has 0 aromatic rings. The molecule has 1 fully saturated rings. The third kappa shape index (κ3) is 2.72. The molecule has 92 valence electrons. The van der Waals surface area contributed by atoms with Crippen LogP contribution in [0.4, 0.5) is 0 Å². The quantitative estimate of drug-likeness (QED) is 0.757. The van der Waals surface area contributed by atoms with Gasteiger partial charge in [0.15, 0.2) is 0 Å². The molecule has 1 rings (SSSR count). The molecular formula is C11H20N2O3. The van der Waals surface area contributed by atoms with Crippen LogP contribution < -0.4 is 0 Å². The Kier molecular flexibility index (Phi) is 3.91. The molecule has 0 spiro atoms. The number of rotatable bonds is 4. The summed E-state index contributed by atoms with van der Waals surface area (Å²) in [7, 11) is 1.80. The maximum atomic E-state index is 11.9. The van der Waals surface area contributed by atoms with Crippen molar-refractivity contribution in [3.8, 4) is 0 Å². The van der Waals surface area contributed by atoms with Gasteiger partial charge >= 0.3 is 5.97 Å². The largest absolute Gasteiger partial charge is 0.481 e. The van der Waals surface area contributed by atoms with Crippen LogP contribution in [-0.2, 0) is 9.59 Å². The van der Waals surface area contributed by atoms with Crippen LogP contribution in [0.3, 0.4) is 0 Å². The number of piperazine rings is 1. The Morgan fingerprint density at radius 3 is 2.62 bits per heavy atom. The predicted molar refractivity (Wildman–Crippen MR) is 60.2 cm³/mol. The van der Waals surface area contributed by atoms with Crippen LogP contribution in [0.1, 0.15) is 26.7 Å². The maximum absolute atomic E-state index is 11.9. The molecule has 0 aliphatic carbocycles. The number of hydrogen-bond donors (Lipinski definition) is 1. The Labute approximate surface area is 96.0 Å². The summed E-state index contributed by atoms with van der Waals surface area (Å²) in [5.74, 6) is -0.674. The van der Waals surface area contributed by atoms with Gasteiger partial charge in [0.05, 0.1) is 5.54 Å². The number of aliphatic carboxylic acids is 1. The van der Waals surface area contributed by atoms with Crippen molar-refractivity contribution in [3.63, 3.8) is 0 Å². The second kappa shape index (κ2) is 4.82. The average Bonchev–Trinajstić information content (AvgIpc) is 2.18. The fraction of sp³-hybridized carbons (Fsp3) is 0.818. The van der Waals surface area contributed by atoms with Crippen LogP contribution in [0.2, 0.25) is 0 Å². The highest BCUT2D eigenvalue weighted by atomic mass is 16.4. The molecule has 1 aliphatic rings. The summed E-state index contributed by atoms with van der Waals surface area (Å²) in [4.78, 5) is 26.1. The second-order valence-corrected chi connectivity index (χ2v) is 4.77. The van der Waals surface area contributed by atoms with Crippen molar-refractivity contribution < 1.29 is 14.7 Å². The van der Waals surface area contributed by atoms with Crippen molar-refractivity contribution in [1.82, 2.24) is 9.80 Å². The zero-order chi connectivity index (χ0) is 12.3. The number of carboxylic acid groups (broad SMARTS) is 1.